The van der Waals surface area contributed by atoms with Crippen molar-refractivity contribution in [1.82, 2.24) is 14.3 Å². The van der Waals surface area contributed by atoms with Crippen LogP contribution in [-0.4, -0.2) is 37.8 Å². The Morgan fingerprint density at radius 3 is 3.00 bits per heavy atom. The smallest absolute Gasteiger partial charge is 0.336 e. The number of carboxylic acid groups (broad SMARTS) is 1. The Morgan fingerprint density at radius 1 is 1.38 bits per heavy atom. The van der Waals surface area contributed by atoms with Crippen LogP contribution in [0.3, 0.4) is 0 Å². The van der Waals surface area contributed by atoms with Crippen molar-refractivity contribution in [3.63, 3.8) is 0 Å². The van der Waals surface area contributed by atoms with Crippen LogP contribution in [0.4, 0.5) is 0 Å². The molecule has 0 saturated carbocycles. The van der Waals surface area contributed by atoms with Gasteiger partial charge in [0, 0.05) is 23.0 Å². The summed E-state index contributed by atoms with van der Waals surface area (Å²) in [5, 5.41) is 10.9. The summed E-state index contributed by atoms with van der Waals surface area (Å²) in [5.41, 5.74) is 2.48. The van der Waals surface area contributed by atoms with Crippen molar-refractivity contribution in [2.45, 2.75) is 19.4 Å². The predicted molar refractivity (Wildman–Crippen MR) is 89.6 cm³/mol. The zero-order valence-corrected chi connectivity index (χ0v) is 13.8. The third-order valence-corrected chi connectivity index (χ3v) is 5.70. The van der Waals surface area contributed by atoms with Crippen molar-refractivity contribution in [3.8, 4) is 0 Å². The number of thiophene rings is 1. The number of aromatic carboxylic acids is 1. The topological polar surface area (TPSA) is 74.9 Å². The molecule has 1 aliphatic heterocycles. The fraction of sp³-hybridized carbons (Fsp3) is 0.235. The highest BCUT2D eigenvalue weighted by Gasteiger charge is 2.33. The van der Waals surface area contributed by atoms with Crippen molar-refractivity contribution >= 4 is 28.9 Å². The molecule has 1 aliphatic rings. The van der Waals surface area contributed by atoms with Gasteiger partial charge in [0.1, 0.15) is 11.3 Å². The van der Waals surface area contributed by atoms with Gasteiger partial charge in [-0.3, -0.25) is 9.20 Å². The van der Waals surface area contributed by atoms with Crippen molar-refractivity contribution in [1.29, 1.82) is 0 Å². The molecule has 0 spiro atoms. The number of pyridine rings is 1. The van der Waals surface area contributed by atoms with E-state index in [9.17, 15) is 14.7 Å². The second-order valence-corrected chi connectivity index (χ2v) is 6.71. The first-order valence-corrected chi connectivity index (χ1v) is 8.52. The van der Waals surface area contributed by atoms with Gasteiger partial charge in [0.15, 0.2) is 0 Å². The molecule has 1 atom stereocenters. The summed E-state index contributed by atoms with van der Waals surface area (Å²) in [5.74, 6) is -0.988. The van der Waals surface area contributed by atoms with Crippen molar-refractivity contribution in [3.05, 3.63) is 57.7 Å². The van der Waals surface area contributed by atoms with E-state index in [1.807, 2.05) is 31.3 Å². The number of aromatic nitrogens is 2. The average Bonchev–Trinajstić information content (AvgIpc) is 3.19. The highest BCUT2D eigenvalue weighted by molar-refractivity contribution is 7.10. The number of rotatable bonds is 2. The monoisotopic (exact) mass is 341 g/mol. The highest BCUT2D eigenvalue weighted by atomic mass is 32.1. The van der Waals surface area contributed by atoms with E-state index in [1.54, 1.807) is 20.9 Å². The van der Waals surface area contributed by atoms with E-state index in [1.165, 1.54) is 11.3 Å². The molecule has 4 rings (SSSR count). The molecule has 1 amide bonds. The van der Waals surface area contributed by atoms with E-state index in [2.05, 4.69) is 4.98 Å². The van der Waals surface area contributed by atoms with Gasteiger partial charge in [-0.2, -0.15) is 0 Å². The summed E-state index contributed by atoms with van der Waals surface area (Å²) in [4.78, 5) is 31.3. The van der Waals surface area contributed by atoms with Gasteiger partial charge in [-0.1, -0.05) is 6.07 Å². The Balaban J connectivity index is 1.70. The number of fused-ring (bicyclic) bond motifs is 2. The number of hydrogen-bond donors (Lipinski definition) is 1. The first kappa shape index (κ1) is 14.9. The number of imidazole rings is 1. The molecule has 0 saturated heterocycles. The first-order chi connectivity index (χ1) is 11.6. The average molecular weight is 341 g/mol. The first-order valence-electron chi connectivity index (χ1n) is 7.64. The minimum Gasteiger partial charge on any atom is -0.478 e. The highest BCUT2D eigenvalue weighted by Crippen LogP contribution is 2.37. The second kappa shape index (κ2) is 5.45. The van der Waals surface area contributed by atoms with Gasteiger partial charge in [-0.15, -0.1) is 11.3 Å². The van der Waals surface area contributed by atoms with Crippen molar-refractivity contribution < 1.29 is 14.7 Å². The molecule has 0 radical (unpaired) electrons. The summed E-state index contributed by atoms with van der Waals surface area (Å²) in [6.45, 7) is 2.45. The standard InChI is InChI=1S/C17H15N3O3S/c1-10-15-11(12(9-24-15)17(22)23)5-7-19(10)16(21)13-8-18-14-4-2-3-6-20(13)14/h2-4,6,8-10H,5,7H2,1H3,(H,22,23). The van der Waals surface area contributed by atoms with Gasteiger partial charge in [-0.25, -0.2) is 9.78 Å². The van der Waals surface area contributed by atoms with Gasteiger partial charge in [0.2, 0.25) is 0 Å². The molecule has 6 nitrogen and oxygen atoms in total. The van der Waals surface area contributed by atoms with Crippen LogP contribution in [0.15, 0.2) is 36.0 Å². The number of amides is 1. The van der Waals surface area contributed by atoms with Gasteiger partial charge < -0.3 is 10.0 Å². The van der Waals surface area contributed by atoms with Crippen LogP contribution in [0, 0.1) is 0 Å². The fourth-order valence-electron chi connectivity index (χ4n) is 3.27. The number of carbonyl (C=O) groups is 2. The lowest BCUT2D eigenvalue weighted by atomic mass is 9.98. The van der Waals surface area contributed by atoms with Gasteiger partial charge >= 0.3 is 5.97 Å². The molecular formula is C17H15N3O3S. The maximum Gasteiger partial charge on any atom is 0.336 e. The van der Waals surface area contributed by atoms with E-state index in [4.69, 9.17) is 0 Å². The summed E-state index contributed by atoms with van der Waals surface area (Å²) in [6.07, 6.45) is 3.98. The number of hydrogen-bond acceptors (Lipinski definition) is 4. The fourth-order valence-corrected chi connectivity index (χ4v) is 4.43. The summed E-state index contributed by atoms with van der Waals surface area (Å²) in [7, 11) is 0. The molecule has 1 unspecified atom stereocenters. The number of nitrogens with zero attached hydrogens (tertiary/aromatic N) is 3. The van der Waals surface area contributed by atoms with E-state index in [-0.39, 0.29) is 11.9 Å². The maximum atomic E-state index is 13.0. The largest absolute Gasteiger partial charge is 0.478 e. The maximum absolute atomic E-state index is 13.0. The lowest BCUT2D eigenvalue weighted by Gasteiger charge is -2.33. The molecule has 1 N–H and O–H groups in total. The summed E-state index contributed by atoms with van der Waals surface area (Å²) < 4.78 is 1.78. The second-order valence-electron chi connectivity index (χ2n) is 5.79. The Bertz CT molecular complexity index is 959. The quantitative estimate of drug-likeness (QED) is 0.778. The minimum absolute atomic E-state index is 0.0860. The zero-order chi connectivity index (χ0) is 16.8. The van der Waals surface area contributed by atoms with Gasteiger partial charge in [0.25, 0.3) is 5.91 Å². The van der Waals surface area contributed by atoms with Crippen LogP contribution in [0.5, 0.6) is 0 Å². The SMILES string of the molecule is CC1c2scc(C(=O)O)c2CCN1C(=O)c1cnc2ccccn12. The normalized spacial score (nSPS) is 17.0. The zero-order valence-electron chi connectivity index (χ0n) is 13.0. The van der Waals surface area contributed by atoms with E-state index < -0.39 is 5.97 Å². The molecule has 0 bridgehead atoms. The third kappa shape index (κ3) is 2.12. The van der Waals surface area contributed by atoms with Gasteiger partial charge in [-0.05, 0) is 31.0 Å². The van der Waals surface area contributed by atoms with E-state index in [0.717, 1.165) is 16.1 Å². The van der Waals surface area contributed by atoms with Gasteiger partial charge in [0.05, 0.1) is 17.8 Å². The van der Waals surface area contributed by atoms with Crippen LogP contribution in [-0.2, 0) is 6.42 Å². The molecule has 0 aliphatic carbocycles. The van der Waals surface area contributed by atoms with Crippen LogP contribution in [0.1, 0.15) is 44.3 Å². The lowest BCUT2D eigenvalue weighted by Crippen LogP contribution is -2.39. The lowest BCUT2D eigenvalue weighted by molar-refractivity contribution is 0.0672. The third-order valence-electron chi connectivity index (χ3n) is 4.50. The Labute approximate surface area is 142 Å². The van der Waals surface area contributed by atoms with Crippen LogP contribution < -0.4 is 0 Å². The number of carboxylic acids is 1. The molecule has 3 aromatic rings. The summed E-state index contributed by atoms with van der Waals surface area (Å²) >= 11 is 1.41. The molecule has 24 heavy (non-hydrogen) atoms. The molecule has 7 heteroatoms. The van der Waals surface area contributed by atoms with E-state index >= 15 is 0 Å². The predicted octanol–water partition coefficient (Wildman–Crippen LogP) is 2.85. The van der Waals surface area contributed by atoms with Crippen LogP contribution in [0.2, 0.25) is 0 Å². The van der Waals surface area contributed by atoms with Crippen LogP contribution >= 0.6 is 11.3 Å². The van der Waals surface area contributed by atoms with Crippen molar-refractivity contribution in [2.75, 3.05) is 6.54 Å². The number of carbonyl (C=O) groups excluding carboxylic acids is 1. The van der Waals surface area contributed by atoms with E-state index in [0.29, 0.717) is 24.2 Å². The Kier molecular flexibility index (Phi) is 3.38. The molecule has 0 aromatic carbocycles. The van der Waals surface area contributed by atoms with Crippen molar-refractivity contribution in [2.24, 2.45) is 0 Å². The summed E-state index contributed by atoms with van der Waals surface area (Å²) in [6, 6.07) is 5.45. The molecule has 122 valence electrons. The Hall–Kier alpha value is -2.67. The minimum atomic E-state index is -0.902. The molecule has 0 fully saturated rings. The molecule has 3 aromatic heterocycles. The molecule has 4 heterocycles. The van der Waals surface area contributed by atoms with Crippen LogP contribution in [0.25, 0.3) is 5.65 Å². The Morgan fingerprint density at radius 2 is 2.21 bits per heavy atom. The molecular weight excluding hydrogens is 326 g/mol.